The average molecular weight is 528 g/mol. The van der Waals surface area contributed by atoms with Crippen molar-refractivity contribution < 1.29 is 28.6 Å². The van der Waals surface area contributed by atoms with Crippen molar-refractivity contribution in [3.05, 3.63) is 57.4 Å². The van der Waals surface area contributed by atoms with Crippen molar-refractivity contribution >= 4 is 29.5 Å². The van der Waals surface area contributed by atoms with Crippen molar-refractivity contribution in [1.29, 1.82) is 0 Å². The first-order valence-electron chi connectivity index (χ1n) is 12.2. The normalized spacial score (nSPS) is 20.5. The Morgan fingerprint density at radius 3 is 2.70 bits per heavy atom. The summed E-state index contributed by atoms with van der Waals surface area (Å²) in [6.07, 6.45) is 3.10. The Bertz CT molecular complexity index is 1200. The van der Waals surface area contributed by atoms with Gasteiger partial charge < -0.3 is 35.0 Å². The number of thiophene rings is 1. The van der Waals surface area contributed by atoms with Gasteiger partial charge in [-0.2, -0.15) is 0 Å². The summed E-state index contributed by atoms with van der Waals surface area (Å²) < 4.78 is 17.3. The second-order valence-corrected chi connectivity index (χ2v) is 11.0. The van der Waals surface area contributed by atoms with Crippen molar-refractivity contribution in [2.75, 3.05) is 33.4 Å². The van der Waals surface area contributed by atoms with Gasteiger partial charge in [0.25, 0.3) is 0 Å². The molecule has 0 aliphatic carbocycles. The molecule has 4 rings (SSSR count). The monoisotopic (exact) mass is 527 g/mol. The Labute approximate surface area is 220 Å². The Morgan fingerprint density at radius 1 is 1.30 bits per heavy atom. The van der Waals surface area contributed by atoms with E-state index in [-0.39, 0.29) is 6.54 Å². The van der Waals surface area contributed by atoms with E-state index in [1.807, 2.05) is 55.3 Å². The molecule has 2 unspecified atom stereocenters. The molecule has 2 atom stereocenters. The van der Waals surface area contributed by atoms with Gasteiger partial charge in [-0.25, -0.2) is 4.79 Å². The number of benzene rings is 1. The minimum Gasteiger partial charge on any atom is -0.493 e. The highest BCUT2D eigenvalue weighted by molar-refractivity contribution is 7.10. The first kappa shape index (κ1) is 26.7. The van der Waals surface area contributed by atoms with Crippen molar-refractivity contribution in [2.24, 2.45) is 5.73 Å². The van der Waals surface area contributed by atoms with E-state index in [0.29, 0.717) is 43.3 Å². The highest BCUT2D eigenvalue weighted by atomic mass is 32.1. The Morgan fingerprint density at radius 2 is 2.08 bits per heavy atom. The molecule has 2 aliphatic rings. The van der Waals surface area contributed by atoms with Crippen LogP contribution >= 0.6 is 11.3 Å². The number of hydrogen-bond acceptors (Lipinski definition) is 9. The van der Waals surface area contributed by atoms with Crippen LogP contribution in [0.25, 0.3) is 0 Å². The lowest BCUT2D eigenvalue weighted by atomic mass is 9.73. The molecule has 0 spiro atoms. The van der Waals surface area contributed by atoms with Crippen molar-refractivity contribution in [1.82, 2.24) is 10.2 Å². The molecule has 37 heavy (non-hydrogen) atoms. The van der Waals surface area contributed by atoms with Crippen LogP contribution < -0.4 is 20.5 Å². The van der Waals surface area contributed by atoms with E-state index in [4.69, 9.17) is 19.9 Å². The fraction of sp³-hybridized carbons (Fsp3) is 0.444. The summed E-state index contributed by atoms with van der Waals surface area (Å²) in [7, 11) is 1.57. The predicted molar refractivity (Wildman–Crippen MR) is 140 cm³/mol. The number of methoxy groups -OCH3 is 1. The molecule has 198 valence electrons. The molecule has 0 saturated heterocycles. The molecule has 1 aromatic heterocycles. The van der Waals surface area contributed by atoms with Gasteiger partial charge >= 0.3 is 5.97 Å². The summed E-state index contributed by atoms with van der Waals surface area (Å²) in [4.78, 5) is 39.9. The molecule has 0 fully saturated rings. The van der Waals surface area contributed by atoms with Gasteiger partial charge in [0.05, 0.1) is 19.7 Å². The summed E-state index contributed by atoms with van der Waals surface area (Å²) >= 11 is 1.42. The van der Waals surface area contributed by atoms with E-state index in [9.17, 15) is 14.4 Å². The quantitative estimate of drug-likeness (QED) is 0.275. The minimum atomic E-state index is -1.27. The zero-order valence-electron chi connectivity index (χ0n) is 21.5. The van der Waals surface area contributed by atoms with Gasteiger partial charge in [0, 0.05) is 18.0 Å². The van der Waals surface area contributed by atoms with Gasteiger partial charge in [0.15, 0.2) is 11.5 Å². The molecular formula is C27H33N3O6S. The topological polar surface area (TPSA) is 120 Å². The molecule has 2 aromatic rings. The van der Waals surface area contributed by atoms with E-state index in [2.05, 4.69) is 5.32 Å². The van der Waals surface area contributed by atoms with E-state index < -0.39 is 28.9 Å². The first-order chi connectivity index (χ1) is 17.6. The van der Waals surface area contributed by atoms with Gasteiger partial charge in [-0.3, -0.25) is 4.79 Å². The lowest BCUT2D eigenvalue weighted by Crippen LogP contribution is -2.48. The summed E-state index contributed by atoms with van der Waals surface area (Å²) in [5, 5.41) is 4.86. The number of hydrogen-bond donors (Lipinski definition) is 2. The van der Waals surface area contributed by atoms with Crippen LogP contribution in [0.5, 0.6) is 11.5 Å². The Kier molecular flexibility index (Phi) is 7.61. The third kappa shape index (κ3) is 5.08. The van der Waals surface area contributed by atoms with Crippen LogP contribution in [-0.2, 0) is 31.0 Å². The number of nitrogens with zero attached hydrogens (tertiary/aromatic N) is 1. The van der Waals surface area contributed by atoms with E-state index in [0.717, 1.165) is 22.3 Å². The molecule has 3 heterocycles. The smallest absolute Gasteiger partial charge is 0.354 e. The second-order valence-electron chi connectivity index (χ2n) is 10.0. The highest BCUT2D eigenvalue weighted by Crippen LogP contribution is 2.54. The largest absolute Gasteiger partial charge is 0.493 e. The number of amides is 1. The van der Waals surface area contributed by atoms with E-state index in [1.165, 1.54) is 11.3 Å². The fourth-order valence-corrected chi connectivity index (χ4v) is 5.90. The third-order valence-corrected chi connectivity index (χ3v) is 7.49. The van der Waals surface area contributed by atoms with Crippen molar-refractivity contribution in [3.8, 4) is 11.5 Å². The summed E-state index contributed by atoms with van der Waals surface area (Å²) in [5.41, 5.74) is 6.34. The van der Waals surface area contributed by atoms with Crippen LogP contribution in [0.2, 0.25) is 0 Å². The van der Waals surface area contributed by atoms with Gasteiger partial charge in [0.2, 0.25) is 5.91 Å². The molecule has 1 amide bonds. The second kappa shape index (κ2) is 10.5. The molecule has 2 aliphatic heterocycles. The van der Waals surface area contributed by atoms with Crippen LogP contribution in [0.3, 0.4) is 0 Å². The summed E-state index contributed by atoms with van der Waals surface area (Å²) in [5.74, 6) is 0.0348. The first-order valence-corrected chi connectivity index (χ1v) is 13.0. The standard InChI is InChI=1S/C27H33N3O6S/c1-26(2,3)36-24(32)19-16-27(25(28)33,22-6-5-13-37-22)23-18-15-21(35-12-9-29-8-11-31)20(34-4)14-17(18)7-10-30(19)23/h5-6,11,13-16,23,29H,7-10,12H2,1-4H3,(H2,28,33). The van der Waals surface area contributed by atoms with Crippen LogP contribution in [0, 0.1) is 0 Å². The lowest BCUT2D eigenvalue weighted by molar-refractivity contribution is -0.152. The molecule has 1 aromatic carbocycles. The van der Waals surface area contributed by atoms with Crippen LogP contribution in [0.4, 0.5) is 0 Å². The lowest BCUT2D eigenvalue weighted by Gasteiger charge is -2.42. The third-order valence-electron chi connectivity index (χ3n) is 6.47. The van der Waals surface area contributed by atoms with Crippen molar-refractivity contribution in [2.45, 2.75) is 44.2 Å². The SMILES string of the molecule is COc1cc2c(cc1OCCNCC=O)C1N(CC2)C(C(=O)OC(C)(C)C)=CC1(C(N)=O)c1cccs1. The maximum Gasteiger partial charge on any atom is 0.354 e. The maximum atomic E-state index is 13.3. The zero-order valence-corrected chi connectivity index (χ0v) is 22.4. The number of ether oxygens (including phenoxy) is 3. The number of esters is 1. The Hall–Kier alpha value is -3.37. The number of carbonyl (C=O) groups is 3. The van der Waals surface area contributed by atoms with Crippen LogP contribution in [-0.4, -0.2) is 62.0 Å². The van der Waals surface area contributed by atoms with Gasteiger partial charge in [-0.1, -0.05) is 6.07 Å². The molecule has 0 bridgehead atoms. The zero-order chi connectivity index (χ0) is 26.8. The average Bonchev–Trinajstić information content (AvgIpc) is 3.49. The number of aldehydes is 1. The Balaban J connectivity index is 1.82. The predicted octanol–water partition coefficient (Wildman–Crippen LogP) is 2.49. The molecule has 3 N–H and O–H groups in total. The number of rotatable bonds is 10. The van der Waals surface area contributed by atoms with Crippen LogP contribution in [0.1, 0.15) is 42.8 Å². The van der Waals surface area contributed by atoms with E-state index >= 15 is 0 Å². The number of carbonyl (C=O) groups excluding carboxylic acids is 3. The number of nitrogens with one attached hydrogen (secondary N) is 1. The fourth-order valence-electron chi connectivity index (χ4n) is 4.97. The van der Waals surface area contributed by atoms with Gasteiger partial charge in [-0.05, 0) is 68.0 Å². The van der Waals surface area contributed by atoms with E-state index in [1.54, 1.807) is 13.2 Å². The minimum absolute atomic E-state index is 0.239. The molecule has 0 saturated carbocycles. The van der Waals surface area contributed by atoms with Crippen molar-refractivity contribution in [3.63, 3.8) is 0 Å². The molecule has 9 nitrogen and oxygen atoms in total. The molecule has 0 radical (unpaired) electrons. The molecular weight excluding hydrogens is 494 g/mol. The number of primary amides is 1. The van der Waals surface area contributed by atoms with Gasteiger partial charge in [-0.15, -0.1) is 11.3 Å². The number of fused-ring (bicyclic) bond motifs is 3. The van der Waals surface area contributed by atoms with Crippen LogP contribution in [0.15, 0.2) is 41.4 Å². The summed E-state index contributed by atoms with van der Waals surface area (Å²) in [6, 6.07) is 6.98. The van der Waals surface area contributed by atoms with Gasteiger partial charge in [0.1, 0.15) is 29.6 Å². The summed E-state index contributed by atoms with van der Waals surface area (Å²) in [6.45, 7) is 6.95. The molecule has 10 heteroatoms. The maximum absolute atomic E-state index is 13.3. The highest BCUT2D eigenvalue weighted by Gasteiger charge is 2.57. The number of nitrogens with two attached hydrogens (primary N) is 1.